The van der Waals surface area contributed by atoms with Crippen molar-refractivity contribution in [3.63, 3.8) is 0 Å². The van der Waals surface area contributed by atoms with Crippen molar-refractivity contribution in [1.29, 1.82) is 0 Å². The molecule has 3 rings (SSSR count). The zero-order chi connectivity index (χ0) is 18.8. The zero-order valence-electron chi connectivity index (χ0n) is 13.9. The summed E-state index contributed by atoms with van der Waals surface area (Å²) in [5, 5.41) is 9.05. The highest BCUT2D eigenvalue weighted by Gasteiger charge is 2.27. The molecule has 2 aromatic rings. The molecule has 1 saturated heterocycles. The minimum atomic E-state index is -1.09. The highest BCUT2D eigenvalue weighted by atomic mass is 35.5. The topological polar surface area (TPSA) is 79.7 Å². The predicted molar refractivity (Wildman–Crippen MR) is 91.9 cm³/mol. The Morgan fingerprint density at radius 1 is 1.35 bits per heavy atom. The Kier molecular flexibility index (Phi) is 5.20. The van der Waals surface area contributed by atoms with Crippen LogP contribution in [0.3, 0.4) is 0 Å². The summed E-state index contributed by atoms with van der Waals surface area (Å²) < 4.78 is 19.0. The lowest BCUT2D eigenvalue weighted by Gasteiger charge is -2.33. The molecule has 1 aromatic carbocycles. The normalized spacial score (nSPS) is 17.2. The molecule has 26 heavy (non-hydrogen) atoms. The molecule has 1 amide bonds. The van der Waals surface area contributed by atoms with Crippen molar-refractivity contribution in [2.75, 3.05) is 19.7 Å². The van der Waals surface area contributed by atoms with Crippen LogP contribution in [0, 0.1) is 12.7 Å². The van der Waals surface area contributed by atoms with Crippen LogP contribution in [0.4, 0.5) is 4.39 Å². The van der Waals surface area contributed by atoms with E-state index in [1.54, 1.807) is 17.9 Å². The number of morpholine rings is 1. The van der Waals surface area contributed by atoms with E-state index in [4.69, 9.17) is 21.4 Å². The van der Waals surface area contributed by atoms with Gasteiger partial charge < -0.3 is 14.7 Å². The van der Waals surface area contributed by atoms with Crippen molar-refractivity contribution in [1.82, 2.24) is 9.88 Å². The molecule has 1 aliphatic rings. The second-order valence-corrected chi connectivity index (χ2v) is 6.33. The van der Waals surface area contributed by atoms with Gasteiger partial charge in [0.2, 0.25) is 0 Å². The smallest absolute Gasteiger partial charge is 0.337 e. The number of hydrogen-bond donors (Lipinski definition) is 1. The number of carbonyl (C=O) groups is 2. The maximum atomic E-state index is 13.3. The van der Waals surface area contributed by atoms with Gasteiger partial charge in [-0.3, -0.25) is 4.79 Å². The standard InChI is InChI=1S/C18H16ClFN2O4/c1-10-12(18(24)25)3-5-15(21-10)17(23)22-6-7-26-16(9-22)11-2-4-14(20)13(19)8-11/h2-5,8,16H,6-7,9H2,1H3,(H,24,25). The predicted octanol–water partition coefficient (Wildman–Crippen LogP) is 3.09. The van der Waals surface area contributed by atoms with Crippen LogP contribution >= 0.6 is 11.6 Å². The summed E-state index contributed by atoms with van der Waals surface area (Å²) in [6, 6.07) is 7.09. The fraction of sp³-hybridized carbons (Fsp3) is 0.278. The van der Waals surface area contributed by atoms with Crippen LogP contribution in [-0.2, 0) is 4.74 Å². The van der Waals surface area contributed by atoms with Gasteiger partial charge in [0.15, 0.2) is 0 Å². The van der Waals surface area contributed by atoms with Crippen molar-refractivity contribution >= 4 is 23.5 Å². The van der Waals surface area contributed by atoms with Crippen molar-refractivity contribution in [2.24, 2.45) is 0 Å². The van der Waals surface area contributed by atoms with Crippen LogP contribution < -0.4 is 0 Å². The number of amides is 1. The fourth-order valence-corrected chi connectivity index (χ4v) is 3.01. The van der Waals surface area contributed by atoms with Crippen LogP contribution in [0.5, 0.6) is 0 Å². The first-order chi connectivity index (χ1) is 12.4. The maximum absolute atomic E-state index is 13.3. The number of pyridine rings is 1. The number of carbonyl (C=O) groups excluding carboxylic acids is 1. The summed E-state index contributed by atoms with van der Waals surface area (Å²) >= 11 is 5.82. The zero-order valence-corrected chi connectivity index (χ0v) is 14.7. The Morgan fingerprint density at radius 2 is 2.12 bits per heavy atom. The molecular formula is C18H16ClFN2O4. The summed E-state index contributed by atoms with van der Waals surface area (Å²) in [6.45, 7) is 2.51. The van der Waals surface area contributed by atoms with Gasteiger partial charge in [-0.05, 0) is 36.8 Å². The number of ether oxygens (including phenoxy) is 1. The Hall–Kier alpha value is -2.51. The Balaban J connectivity index is 1.78. The lowest BCUT2D eigenvalue weighted by Crippen LogP contribution is -2.42. The Labute approximate surface area is 154 Å². The first-order valence-corrected chi connectivity index (χ1v) is 8.31. The van der Waals surface area contributed by atoms with Gasteiger partial charge in [0.05, 0.1) is 29.4 Å². The molecule has 1 aliphatic heterocycles. The third kappa shape index (κ3) is 3.68. The number of halogens is 2. The first kappa shape index (κ1) is 18.3. The number of benzene rings is 1. The average Bonchev–Trinajstić information content (AvgIpc) is 2.63. The van der Waals surface area contributed by atoms with Crippen LogP contribution in [0.25, 0.3) is 0 Å². The van der Waals surface area contributed by atoms with E-state index in [-0.39, 0.29) is 34.4 Å². The fourth-order valence-electron chi connectivity index (χ4n) is 2.82. The van der Waals surface area contributed by atoms with Gasteiger partial charge in [0.1, 0.15) is 17.6 Å². The summed E-state index contributed by atoms with van der Waals surface area (Å²) in [7, 11) is 0. The lowest BCUT2D eigenvalue weighted by molar-refractivity contribution is -0.0230. The number of carboxylic acid groups (broad SMARTS) is 1. The molecule has 1 unspecified atom stereocenters. The van der Waals surface area contributed by atoms with E-state index in [1.807, 2.05) is 0 Å². The molecule has 0 radical (unpaired) electrons. The minimum absolute atomic E-state index is 0.00361. The van der Waals surface area contributed by atoms with E-state index >= 15 is 0 Å². The van der Waals surface area contributed by atoms with Gasteiger partial charge in [-0.25, -0.2) is 14.2 Å². The molecule has 1 fully saturated rings. The second-order valence-electron chi connectivity index (χ2n) is 5.92. The van der Waals surface area contributed by atoms with E-state index in [2.05, 4.69) is 4.98 Å². The van der Waals surface area contributed by atoms with Crippen LogP contribution in [0.1, 0.15) is 38.2 Å². The molecule has 8 heteroatoms. The molecule has 2 heterocycles. The van der Waals surface area contributed by atoms with E-state index in [0.29, 0.717) is 18.7 Å². The maximum Gasteiger partial charge on any atom is 0.337 e. The Bertz CT molecular complexity index is 874. The van der Waals surface area contributed by atoms with E-state index in [1.165, 1.54) is 24.3 Å². The number of aryl methyl sites for hydroxylation is 1. The molecule has 0 spiro atoms. The van der Waals surface area contributed by atoms with Crippen molar-refractivity contribution in [3.05, 3.63) is 63.7 Å². The van der Waals surface area contributed by atoms with Crippen molar-refractivity contribution in [2.45, 2.75) is 13.0 Å². The Morgan fingerprint density at radius 3 is 2.77 bits per heavy atom. The number of rotatable bonds is 3. The van der Waals surface area contributed by atoms with Crippen LogP contribution in [-0.4, -0.2) is 46.6 Å². The van der Waals surface area contributed by atoms with Gasteiger partial charge in [-0.1, -0.05) is 17.7 Å². The number of nitrogens with zero attached hydrogens (tertiary/aromatic N) is 2. The minimum Gasteiger partial charge on any atom is -0.478 e. The van der Waals surface area contributed by atoms with Crippen LogP contribution in [0.2, 0.25) is 5.02 Å². The summed E-state index contributed by atoms with van der Waals surface area (Å²) in [5.74, 6) is -1.92. The molecule has 1 N–H and O–H groups in total. The average molecular weight is 379 g/mol. The first-order valence-electron chi connectivity index (χ1n) is 7.93. The third-order valence-corrected chi connectivity index (χ3v) is 4.49. The van der Waals surface area contributed by atoms with Crippen LogP contribution in [0.15, 0.2) is 30.3 Å². The van der Waals surface area contributed by atoms with Gasteiger partial charge >= 0.3 is 5.97 Å². The lowest BCUT2D eigenvalue weighted by atomic mass is 10.1. The molecule has 1 aromatic heterocycles. The number of hydrogen-bond acceptors (Lipinski definition) is 4. The van der Waals surface area contributed by atoms with Gasteiger partial charge in [-0.15, -0.1) is 0 Å². The van der Waals surface area contributed by atoms with Crippen molar-refractivity contribution < 1.29 is 23.8 Å². The van der Waals surface area contributed by atoms with E-state index < -0.39 is 17.9 Å². The molecular weight excluding hydrogens is 363 g/mol. The summed E-state index contributed by atoms with van der Waals surface area (Å²) in [6.07, 6.45) is -0.426. The molecule has 6 nitrogen and oxygen atoms in total. The second kappa shape index (κ2) is 7.39. The molecule has 136 valence electrons. The van der Waals surface area contributed by atoms with Gasteiger partial charge in [-0.2, -0.15) is 0 Å². The monoisotopic (exact) mass is 378 g/mol. The van der Waals surface area contributed by atoms with Gasteiger partial charge in [0.25, 0.3) is 5.91 Å². The third-order valence-electron chi connectivity index (χ3n) is 4.20. The van der Waals surface area contributed by atoms with E-state index in [9.17, 15) is 14.0 Å². The highest BCUT2D eigenvalue weighted by molar-refractivity contribution is 6.30. The highest BCUT2D eigenvalue weighted by Crippen LogP contribution is 2.26. The summed E-state index contributed by atoms with van der Waals surface area (Å²) in [4.78, 5) is 29.5. The van der Waals surface area contributed by atoms with E-state index in [0.717, 1.165) is 0 Å². The SMILES string of the molecule is Cc1nc(C(=O)N2CCOC(c3ccc(F)c(Cl)c3)C2)ccc1C(=O)O. The molecule has 0 bridgehead atoms. The largest absolute Gasteiger partial charge is 0.478 e. The molecule has 0 saturated carbocycles. The number of aromatic nitrogens is 1. The van der Waals surface area contributed by atoms with Crippen molar-refractivity contribution in [3.8, 4) is 0 Å². The quantitative estimate of drug-likeness (QED) is 0.887. The van der Waals surface area contributed by atoms with Gasteiger partial charge in [0, 0.05) is 6.54 Å². The summed E-state index contributed by atoms with van der Waals surface area (Å²) in [5.41, 5.74) is 1.19. The molecule has 1 atom stereocenters. The molecule has 0 aliphatic carbocycles. The number of carboxylic acids is 1. The number of aromatic carboxylic acids is 1.